The van der Waals surface area contributed by atoms with E-state index in [1.54, 1.807) is 84.9 Å². The number of aryl methyl sites for hydroxylation is 1. The number of halogens is 3. The van der Waals surface area contributed by atoms with E-state index in [1.165, 1.54) is 6.07 Å². The number of benzene rings is 3. The van der Waals surface area contributed by atoms with Crippen LogP contribution in [-0.4, -0.2) is 47.3 Å². The second-order valence-electron chi connectivity index (χ2n) is 9.91. The van der Waals surface area contributed by atoms with Crippen molar-refractivity contribution >= 4 is 17.5 Å². The molecule has 0 saturated carbocycles. The van der Waals surface area contributed by atoms with Gasteiger partial charge >= 0.3 is 6.36 Å². The van der Waals surface area contributed by atoms with Crippen LogP contribution in [0.4, 0.5) is 18.9 Å². The van der Waals surface area contributed by atoms with E-state index in [1.807, 2.05) is 6.07 Å². The van der Waals surface area contributed by atoms with Gasteiger partial charge in [-0.05, 0) is 60.0 Å². The van der Waals surface area contributed by atoms with Crippen LogP contribution >= 0.6 is 0 Å². The smallest absolute Gasteiger partial charge is 0.490 e. The first-order valence-electron chi connectivity index (χ1n) is 13.4. The summed E-state index contributed by atoms with van der Waals surface area (Å²) >= 11 is 0. The zero-order valence-corrected chi connectivity index (χ0v) is 22.7. The predicted molar refractivity (Wildman–Crippen MR) is 151 cm³/mol. The quantitative estimate of drug-likeness (QED) is 0.260. The largest absolute Gasteiger partial charge is 0.573 e. The molecule has 1 fully saturated rings. The second kappa shape index (κ2) is 12.3. The monoisotopic (exact) mass is 575 g/mol. The van der Waals surface area contributed by atoms with E-state index < -0.39 is 18.0 Å². The lowest BCUT2D eigenvalue weighted by molar-refractivity contribution is -0.274. The number of hydrogen-bond donors (Lipinski definition) is 1. The van der Waals surface area contributed by atoms with Crippen molar-refractivity contribution in [1.82, 2.24) is 9.88 Å². The van der Waals surface area contributed by atoms with Crippen LogP contribution in [-0.2, 0) is 0 Å². The molecule has 42 heavy (non-hydrogen) atoms. The number of piperidine rings is 1. The zero-order chi connectivity index (χ0) is 29.7. The van der Waals surface area contributed by atoms with Gasteiger partial charge in [-0.1, -0.05) is 36.4 Å². The Balaban J connectivity index is 1.29. The molecular weight excluding hydrogens is 547 g/mol. The Morgan fingerprint density at radius 3 is 2.38 bits per heavy atom. The SMILES string of the molecule is Cc1cc(OC(F)(F)F)cc(C(=O)Nc2cccc(OC3CCN(C(=O)c4cccnc4)CC3)c2)c1-c1ccccc1. The molecule has 0 radical (unpaired) electrons. The topological polar surface area (TPSA) is 80.8 Å². The van der Waals surface area contributed by atoms with E-state index in [0.717, 1.165) is 6.07 Å². The number of nitrogens with one attached hydrogen (secondary N) is 1. The van der Waals surface area contributed by atoms with Gasteiger partial charge in [-0.2, -0.15) is 0 Å². The molecule has 0 bridgehead atoms. The summed E-state index contributed by atoms with van der Waals surface area (Å²) in [5.74, 6) is -0.612. The average molecular weight is 576 g/mol. The Kier molecular flexibility index (Phi) is 8.42. The number of carbonyl (C=O) groups excluding carboxylic acids is 2. The Hall–Kier alpha value is -4.86. The fourth-order valence-electron chi connectivity index (χ4n) is 5.00. The minimum atomic E-state index is -4.90. The molecule has 1 aromatic heterocycles. The van der Waals surface area contributed by atoms with Gasteiger partial charge in [0.05, 0.1) is 11.1 Å². The standard InChI is InChI=1S/C32H28F3N3O4/c1-21-17-27(42-32(33,34)35)19-28(29(21)22-7-3-2-4-8-22)30(39)37-24-10-5-11-26(18-24)41-25-12-15-38(16-13-25)31(40)23-9-6-14-36-20-23/h2-11,14,17-20,25H,12-13,15-16H2,1H3,(H,37,39). The number of hydrogen-bond acceptors (Lipinski definition) is 5. The zero-order valence-electron chi connectivity index (χ0n) is 22.7. The van der Waals surface area contributed by atoms with E-state index in [9.17, 15) is 22.8 Å². The molecule has 3 aromatic carbocycles. The number of alkyl halides is 3. The fraction of sp³-hybridized carbons (Fsp3) is 0.219. The highest BCUT2D eigenvalue weighted by Gasteiger charge is 2.32. The molecule has 1 saturated heterocycles. The molecule has 1 aliphatic rings. The van der Waals surface area contributed by atoms with E-state index >= 15 is 0 Å². The number of rotatable bonds is 7. The summed E-state index contributed by atoms with van der Waals surface area (Å²) in [6.45, 7) is 2.70. The molecule has 0 aliphatic carbocycles. The molecular formula is C32H28F3N3O4. The molecule has 5 rings (SSSR count). The van der Waals surface area contributed by atoms with Crippen molar-refractivity contribution in [2.75, 3.05) is 18.4 Å². The van der Waals surface area contributed by atoms with E-state index in [4.69, 9.17) is 4.74 Å². The van der Waals surface area contributed by atoms with Crippen molar-refractivity contribution < 1.29 is 32.2 Å². The fourth-order valence-corrected chi connectivity index (χ4v) is 5.00. The summed E-state index contributed by atoms with van der Waals surface area (Å²) in [5, 5.41) is 2.79. The van der Waals surface area contributed by atoms with E-state index in [-0.39, 0.29) is 17.6 Å². The van der Waals surface area contributed by atoms with Gasteiger partial charge in [0.25, 0.3) is 11.8 Å². The number of pyridine rings is 1. The van der Waals surface area contributed by atoms with Crippen LogP contribution in [0.25, 0.3) is 11.1 Å². The van der Waals surface area contributed by atoms with Crippen LogP contribution in [0.2, 0.25) is 0 Å². The van der Waals surface area contributed by atoms with Crippen LogP contribution < -0.4 is 14.8 Å². The summed E-state index contributed by atoms with van der Waals surface area (Å²) < 4.78 is 49.3. The first-order valence-corrected chi connectivity index (χ1v) is 13.4. The van der Waals surface area contributed by atoms with Crippen molar-refractivity contribution in [3.8, 4) is 22.6 Å². The second-order valence-corrected chi connectivity index (χ2v) is 9.91. The molecule has 2 amide bonds. The van der Waals surface area contributed by atoms with Gasteiger partial charge in [0.15, 0.2) is 0 Å². The van der Waals surface area contributed by atoms with Gasteiger partial charge in [-0.3, -0.25) is 14.6 Å². The molecule has 0 atom stereocenters. The van der Waals surface area contributed by atoms with Crippen molar-refractivity contribution in [3.05, 3.63) is 108 Å². The predicted octanol–water partition coefficient (Wildman–Crippen LogP) is 6.89. The number of nitrogens with zero attached hydrogens (tertiary/aromatic N) is 2. The van der Waals surface area contributed by atoms with Gasteiger partial charge in [0, 0.05) is 50.1 Å². The van der Waals surface area contributed by atoms with Crippen LogP contribution in [0.3, 0.4) is 0 Å². The van der Waals surface area contributed by atoms with Crippen LogP contribution in [0, 0.1) is 6.92 Å². The molecule has 0 spiro atoms. The summed E-state index contributed by atoms with van der Waals surface area (Å²) in [4.78, 5) is 31.9. The summed E-state index contributed by atoms with van der Waals surface area (Å²) in [6, 6.07) is 21.6. The number of likely N-dealkylation sites (tertiary alicyclic amines) is 1. The number of carbonyl (C=O) groups is 2. The Labute approximate surface area is 240 Å². The maximum Gasteiger partial charge on any atom is 0.573 e. The molecule has 0 unspecified atom stereocenters. The summed E-state index contributed by atoms with van der Waals surface area (Å²) in [6.07, 6.45) is -0.590. The number of ether oxygens (including phenoxy) is 2. The highest BCUT2D eigenvalue weighted by molar-refractivity contribution is 6.09. The number of amides is 2. The maximum absolute atomic E-state index is 13.5. The average Bonchev–Trinajstić information content (AvgIpc) is 2.97. The molecule has 4 aromatic rings. The summed E-state index contributed by atoms with van der Waals surface area (Å²) in [5.41, 5.74) is 2.64. The normalized spacial score (nSPS) is 13.9. The lowest BCUT2D eigenvalue weighted by Gasteiger charge is -2.32. The first-order chi connectivity index (χ1) is 20.2. The Morgan fingerprint density at radius 2 is 1.69 bits per heavy atom. The van der Waals surface area contributed by atoms with Gasteiger partial charge in [0.1, 0.15) is 17.6 Å². The molecule has 216 valence electrons. The molecule has 1 aliphatic heterocycles. The Bertz CT molecular complexity index is 1550. The molecule has 2 heterocycles. The number of aromatic nitrogens is 1. The van der Waals surface area contributed by atoms with E-state index in [0.29, 0.717) is 59.6 Å². The highest BCUT2D eigenvalue weighted by atomic mass is 19.4. The first kappa shape index (κ1) is 28.7. The molecule has 1 N–H and O–H groups in total. The van der Waals surface area contributed by atoms with Crippen molar-refractivity contribution in [3.63, 3.8) is 0 Å². The van der Waals surface area contributed by atoms with Gasteiger partial charge < -0.3 is 19.7 Å². The number of anilines is 1. The summed E-state index contributed by atoms with van der Waals surface area (Å²) in [7, 11) is 0. The third-order valence-electron chi connectivity index (χ3n) is 6.88. The lowest BCUT2D eigenvalue weighted by atomic mass is 9.94. The van der Waals surface area contributed by atoms with Crippen molar-refractivity contribution in [1.29, 1.82) is 0 Å². The van der Waals surface area contributed by atoms with Gasteiger partial charge in [-0.15, -0.1) is 13.2 Å². The van der Waals surface area contributed by atoms with Crippen LogP contribution in [0.15, 0.2) is 91.3 Å². The molecule has 10 heteroatoms. The maximum atomic E-state index is 13.5. The van der Waals surface area contributed by atoms with Gasteiger partial charge in [0.2, 0.25) is 0 Å². The molecule has 7 nitrogen and oxygen atoms in total. The van der Waals surface area contributed by atoms with Crippen molar-refractivity contribution in [2.24, 2.45) is 0 Å². The van der Waals surface area contributed by atoms with Crippen molar-refractivity contribution in [2.45, 2.75) is 32.2 Å². The third-order valence-corrected chi connectivity index (χ3v) is 6.88. The van der Waals surface area contributed by atoms with Crippen LogP contribution in [0.5, 0.6) is 11.5 Å². The van der Waals surface area contributed by atoms with E-state index in [2.05, 4.69) is 15.0 Å². The highest BCUT2D eigenvalue weighted by Crippen LogP contribution is 2.34. The van der Waals surface area contributed by atoms with Gasteiger partial charge in [-0.25, -0.2) is 0 Å². The van der Waals surface area contributed by atoms with Crippen LogP contribution in [0.1, 0.15) is 39.1 Å². The minimum Gasteiger partial charge on any atom is -0.490 e. The Morgan fingerprint density at radius 1 is 0.929 bits per heavy atom. The third kappa shape index (κ3) is 7.06. The minimum absolute atomic E-state index is 0.0393. The lowest BCUT2D eigenvalue weighted by Crippen LogP contribution is -2.41.